The zero-order valence-corrected chi connectivity index (χ0v) is 16.3. The van der Waals surface area contributed by atoms with Crippen LogP contribution in [-0.4, -0.2) is 26.9 Å². The number of nitrogens with one attached hydrogen (secondary N) is 2. The highest BCUT2D eigenvalue weighted by molar-refractivity contribution is 7.92. The molecule has 1 fully saturated rings. The number of sulfonamides is 1. The van der Waals surface area contributed by atoms with Crippen molar-refractivity contribution >= 4 is 21.6 Å². The van der Waals surface area contributed by atoms with E-state index in [0.29, 0.717) is 23.7 Å². The molecule has 0 bridgehead atoms. The third-order valence-corrected chi connectivity index (χ3v) is 6.29. The molecule has 2 aromatic rings. The van der Waals surface area contributed by atoms with Crippen LogP contribution in [0.25, 0.3) is 0 Å². The molecule has 1 unspecified atom stereocenters. The van der Waals surface area contributed by atoms with E-state index >= 15 is 0 Å². The van der Waals surface area contributed by atoms with Crippen LogP contribution >= 0.6 is 0 Å². The molecule has 1 saturated carbocycles. The van der Waals surface area contributed by atoms with Gasteiger partial charge in [0.15, 0.2) is 0 Å². The number of benzene rings is 2. The molecular formula is C20H25N3O3S. The van der Waals surface area contributed by atoms with Gasteiger partial charge in [0.05, 0.1) is 4.90 Å². The van der Waals surface area contributed by atoms with Crippen molar-refractivity contribution in [3.05, 3.63) is 59.2 Å². The molecule has 0 spiro atoms. The van der Waals surface area contributed by atoms with Crippen molar-refractivity contribution < 1.29 is 13.2 Å². The van der Waals surface area contributed by atoms with Gasteiger partial charge in [-0.05, 0) is 80.1 Å². The van der Waals surface area contributed by atoms with Gasteiger partial charge in [-0.1, -0.05) is 6.07 Å². The molecule has 0 aliphatic heterocycles. The Hall–Kier alpha value is -2.38. The van der Waals surface area contributed by atoms with Crippen LogP contribution in [0.1, 0.15) is 34.3 Å². The Kier molecular flexibility index (Phi) is 5.53. The van der Waals surface area contributed by atoms with Gasteiger partial charge in [0.1, 0.15) is 0 Å². The van der Waals surface area contributed by atoms with E-state index in [1.54, 1.807) is 42.5 Å². The summed E-state index contributed by atoms with van der Waals surface area (Å²) in [4.78, 5) is 12.4. The first-order chi connectivity index (χ1) is 12.8. The Bertz CT molecular complexity index is 935. The molecule has 0 radical (unpaired) electrons. The lowest BCUT2D eigenvalue weighted by Crippen LogP contribution is -2.38. The van der Waals surface area contributed by atoms with E-state index in [2.05, 4.69) is 10.0 Å². The van der Waals surface area contributed by atoms with E-state index in [1.165, 1.54) is 0 Å². The van der Waals surface area contributed by atoms with E-state index in [4.69, 9.17) is 5.73 Å². The lowest BCUT2D eigenvalue weighted by atomic mass is 10.1. The molecule has 0 heterocycles. The molecular weight excluding hydrogens is 362 g/mol. The molecule has 0 aromatic heterocycles. The first kappa shape index (κ1) is 19.4. The maximum atomic E-state index is 12.5. The minimum Gasteiger partial charge on any atom is -0.350 e. The van der Waals surface area contributed by atoms with Crippen molar-refractivity contribution in [1.82, 2.24) is 5.32 Å². The van der Waals surface area contributed by atoms with E-state index in [0.717, 1.165) is 24.0 Å². The number of aryl methyl sites for hydroxylation is 2. The summed E-state index contributed by atoms with van der Waals surface area (Å²) in [5.74, 6) is 0.308. The zero-order valence-electron chi connectivity index (χ0n) is 15.5. The third-order valence-electron chi connectivity index (χ3n) is 4.91. The predicted octanol–water partition coefficient (Wildman–Crippen LogP) is 2.57. The summed E-state index contributed by atoms with van der Waals surface area (Å²) in [6.07, 6.45) is 2.26. The highest BCUT2D eigenvalue weighted by atomic mass is 32.2. The van der Waals surface area contributed by atoms with Crippen LogP contribution in [-0.2, 0) is 10.0 Å². The maximum Gasteiger partial charge on any atom is 0.261 e. The SMILES string of the molecule is Cc1ccc(S(=O)(=O)Nc2ccc(C(=O)NCC(N)C3CC3)cc2)cc1C. The number of amides is 1. The second-order valence-electron chi connectivity index (χ2n) is 7.14. The average Bonchev–Trinajstić information content (AvgIpc) is 3.47. The molecule has 6 nitrogen and oxygen atoms in total. The number of rotatable bonds is 7. The van der Waals surface area contributed by atoms with Crippen molar-refractivity contribution in [2.45, 2.75) is 37.6 Å². The largest absolute Gasteiger partial charge is 0.350 e. The average molecular weight is 388 g/mol. The van der Waals surface area contributed by atoms with E-state index in [-0.39, 0.29) is 16.8 Å². The summed E-state index contributed by atoms with van der Waals surface area (Å²) >= 11 is 0. The topological polar surface area (TPSA) is 101 Å². The number of nitrogens with two attached hydrogens (primary N) is 1. The van der Waals surface area contributed by atoms with Crippen LogP contribution in [0, 0.1) is 19.8 Å². The van der Waals surface area contributed by atoms with Crippen LogP contribution in [0.4, 0.5) is 5.69 Å². The number of hydrogen-bond donors (Lipinski definition) is 3. The molecule has 1 amide bonds. The summed E-state index contributed by atoms with van der Waals surface area (Å²) in [6.45, 7) is 4.25. The minimum atomic E-state index is -3.68. The smallest absolute Gasteiger partial charge is 0.261 e. The summed E-state index contributed by atoms with van der Waals surface area (Å²) in [5, 5.41) is 2.82. The van der Waals surface area contributed by atoms with Crippen LogP contribution in [0.3, 0.4) is 0 Å². The van der Waals surface area contributed by atoms with Crippen LogP contribution < -0.4 is 15.8 Å². The Morgan fingerprint density at radius 3 is 2.37 bits per heavy atom. The van der Waals surface area contributed by atoms with E-state index < -0.39 is 10.0 Å². The van der Waals surface area contributed by atoms with Gasteiger partial charge in [0.2, 0.25) is 0 Å². The fraction of sp³-hybridized carbons (Fsp3) is 0.350. The van der Waals surface area contributed by atoms with Gasteiger partial charge in [-0.15, -0.1) is 0 Å². The Balaban J connectivity index is 1.64. The van der Waals surface area contributed by atoms with Crippen molar-refractivity contribution in [1.29, 1.82) is 0 Å². The van der Waals surface area contributed by atoms with Gasteiger partial charge in [-0.3, -0.25) is 9.52 Å². The van der Waals surface area contributed by atoms with Crippen molar-refractivity contribution in [3.8, 4) is 0 Å². The molecule has 4 N–H and O–H groups in total. The van der Waals surface area contributed by atoms with Gasteiger partial charge in [0.25, 0.3) is 15.9 Å². The van der Waals surface area contributed by atoms with Crippen LogP contribution in [0.2, 0.25) is 0 Å². The van der Waals surface area contributed by atoms with Gasteiger partial charge >= 0.3 is 0 Å². The highest BCUT2D eigenvalue weighted by Gasteiger charge is 2.28. The zero-order chi connectivity index (χ0) is 19.6. The maximum absolute atomic E-state index is 12.5. The summed E-state index contributed by atoms with van der Waals surface area (Å²) in [7, 11) is -3.68. The predicted molar refractivity (Wildman–Crippen MR) is 106 cm³/mol. The number of carbonyl (C=O) groups excluding carboxylic acids is 1. The van der Waals surface area contributed by atoms with Gasteiger partial charge in [0, 0.05) is 23.8 Å². The first-order valence-corrected chi connectivity index (χ1v) is 10.5. The van der Waals surface area contributed by atoms with Crippen molar-refractivity contribution in [2.24, 2.45) is 11.7 Å². The minimum absolute atomic E-state index is 0.00185. The highest BCUT2D eigenvalue weighted by Crippen LogP contribution is 2.31. The van der Waals surface area contributed by atoms with Gasteiger partial charge < -0.3 is 11.1 Å². The monoisotopic (exact) mass is 387 g/mol. The Morgan fingerprint density at radius 2 is 1.78 bits per heavy atom. The van der Waals surface area contributed by atoms with Crippen LogP contribution in [0.5, 0.6) is 0 Å². The molecule has 3 rings (SSSR count). The van der Waals surface area contributed by atoms with Crippen LogP contribution in [0.15, 0.2) is 47.4 Å². The molecule has 7 heteroatoms. The standard InChI is InChI=1S/C20H25N3O3S/c1-13-3-10-18(11-14(13)2)27(25,26)23-17-8-6-16(7-9-17)20(24)22-12-19(21)15-4-5-15/h3,6-11,15,19,23H,4-5,12,21H2,1-2H3,(H,22,24). The molecule has 1 atom stereocenters. The lowest BCUT2D eigenvalue weighted by molar-refractivity contribution is 0.0950. The molecule has 2 aromatic carbocycles. The molecule has 1 aliphatic carbocycles. The molecule has 1 aliphatic rings. The first-order valence-electron chi connectivity index (χ1n) is 9.00. The fourth-order valence-corrected chi connectivity index (χ4v) is 3.93. The quantitative estimate of drug-likeness (QED) is 0.679. The van der Waals surface area contributed by atoms with Gasteiger partial charge in [-0.2, -0.15) is 0 Å². The second-order valence-corrected chi connectivity index (χ2v) is 8.82. The fourth-order valence-electron chi connectivity index (χ4n) is 2.79. The van der Waals surface area contributed by atoms with Crippen molar-refractivity contribution in [2.75, 3.05) is 11.3 Å². The van der Waals surface area contributed by atoms with E-state index in [9.17, 15) is 13.2 Å². The number of carbonyl (C=O) groups is 1. The van der Waals surface area contributed by atoms with Crippen molar-refractivity contribution in [3.63, 3.8) is 0 Å². The molecule has 0 saturated heterocycles. The molecule has 27 heavy (non-hydrogen) atoms. The Morgan fingerprint density at radius 1 is 1.11 bits per heavy atom. The number of hydrogen-bond acceptors (Lipinski definition) is 4. The van der Waals surface area contributed by atoms with E-state index in [1.807, 2.05) is 13.8 Å². The van der Waals surface area contributed by atoms with Gasteiger partial charge in [-0.25, -0.2) is 8.42 Å². The number of anilines is 1. The normalized spacial score (nSPS) is 15.2. The summed E-state index contributed by atoms with van der Waals surface area (Å²) < 4.78 is 27.6. The molecule has 144 valence electrons. The lowest BCUT2D eigenvalue weighted by Gasteiger charge is -2.12. The third kappa shape index (κ3) is 4.87. The summed E-state index contributed by atoms with van der Waals surface area (Å²) in [5.41, 5.74) is 8.79. The summed E-state index contributed by atoms with van der Waals surface area (Å²) in [6, 6.07) is 11.3. The second kappa shape index (κ2) is 7.70. The Labute approximate surface area is 160 Å².